The smallest absolute Gasteiger partial charge is 0.407 e. The number of nitrogens with two attached hydrogens (primary N) is 1. The van der Waals surface area contributed by atoms with Crippen molar-refractivity contribution in [2.75, 3.05) is 46.3 Å². The van der Waals surface area contributed by atoms with Gasteiger partial charge in [-0.3, -0.25) is 19.3 Å². The van der Waals surface area contributed by atoms with Crippen LogP contribution in [0, 0.1) is 17.3 Å². The predicted molar refractivity (Wildman–Crippen MR) is 163 cm³/mol. The molecule has 242 valence electrons. The first-order valence-corrected chi connectivity index (χ1v) is 14.3. The van der Waals surface area contributed by atoms with Crippen LogP contribution in [-0.2, 0) is 32.1 Å². The minimum Gasteiger partial charge on any atom is -0.510 e. The summed E-state index contributed by atoms with van der Waals surface area (Å²) < 4.78 is 5.24. The number of aliphatic hydroxyl groups excluding tert-OH is 3. The molecule has 1 aromatic rings. The number of ketones is 2. The molecule has 0 fully saturated rings. The van der Waals surface area contributed by atoms with Crippen LogP contribution in [-0.4, -0.2) is 96.3 Å². The third-order valence-corrected chi connectivity index (χ3v) is 7.90. The molecule has 0 bridgehead atoms. The molecule has 0 saturated heterocycles. The van der Waals surface area contributed by atoms with Crippen molar-refractivity contribution in [1.82, 2.24) is 10.2 Å². The number of ether oxygens (including phenoxy) is 1. The average molecular weight is 617 g/mol. The number of Topliss-reactive ketones (excluding diaryl/α,β-unsaturated/α-hetero) is 2. The highest BCUT2D eigenvalue weighted by atomic mass is 16.5. The van der Waals surface area contributed by atoms with Crippen LogP contribution in [0.4, 0.5) is 10.5 Å². The van der Waals surface area contributed by atoms with Gasteiger partial charge in [-0.05, 0) is 55.8 Å². The number of phenols is 1. The number of carbonyl (C=O) groups excluding carboxylic acids is 4. The van der Waals surface area contributed by atoms with Crippen LogP contribution in [0.25, 0.3) is 5.76 Å². The van der Waals surface area contributed by atoms with Crippen LogP contribution in [0.2, 0.25) is 0 Å². The van der Waals surface area contributed by atoms with Gasteiger partial charge >= 0.3 is 6.09 Å². The van der Waals surface area contributed by atoms with Crippen LogP contribution < -0.4 is 16.0 Å². The second-order valence-electron chi connectivity index (χ2n) is 13.0. The number of alkyl carbamates (subject to hydrolysis) is 1. The first kappa shape index (κ1) is 34.4. The van der Waals surface area contributed by atoms with E-state index in [2.05, 4.69) is 5.32 Å². The van der Waals surface area contributed by atoms with E-state index in [0.717, 1.165) is 0 Å². The largest absolute Gasteiger partial charge is 0.510 e. The van der Waals surface area contributed by atoms with E-state index in [9.17, 15) is 39.6 Å². The number of carbonyl (C=O) groups is 4. The molecule has 3 rings (SSSR count). The van der Waals surface area contributed by atoms with Crippen molar-refractivity contribution in [2.45, 2.75) is 52.6 Å². The number of likely N-dealkylation sites (N-methyl/N-ethyl adjacent to an activating group) is 1. The average Bonchev–Trinajstić information content (AvgIpc) is 2.89. The Morgan fingerprint density at radius 3 is 2.25 bits per heavy atom. The maximum atomic E-state index is 13.1. The molecule has 3 atom stereocenters. The number of anilines is 1. The van der Waals surface area contributed by atoms with E-state index in [-0.39, 0.29) is 60.3 Å². The third kappa shape index (κ3) is 7.16. The lowest BCUT2D eigenvalue weighted by Gasteiger charge is -2.39. The van der Waals surface area contributed by atoms with Crippen LogP contribution in [0.1, 0.15) is 50.3 Å². The summed E-state index contributed by atoms with van der Waals surface area (Å²) in [6.07, 6.45) is -0.571. The minimum absolute atomic E-state index is 0.00625. The molecule has 13 heteroatoms. The Kier molecular flexibility index (Phi) is 10.4. The zero-order chi connectivity index (χ0) is 33.3. The molecule has 13 nitrogen and oxygen atoms in total. The Morgan fingerprint density at radius 1 is 1.09 bits per heavy atom. The second-order valence-corrected chi connectivity index (χ2v) is 13.0. The number of hydrogen-bond donors (Lipinski definition) is 6. The fourth-order valence-electron chi connectivity index (χ4n) is 6.04. The molecule has 2 aliphatic carbocycles. The van der Waals surface area contributed by atoms with Gasteiger partial charge in [0.25, 0.3) is 5.91 Å². The standard InChI is InChI=1S/C31H44N4O9/c1-31(2,3)14-44-30(43)33-12-17-10-19(34(4)5)18-9-15(22(21(38)13-36)27(40)23(18)26(17)39)8-16-11-20(37)24(29(32)42)28(41)25(16)35(6)7/h10,15-16,25,36,39-41H,8-9,11-14H2,1-7H3,(H2,32,42)(H,33,43)/t15-,16-,25+/m1/s1. The first-order chi connectivity index (χ1) is 20.4. The monoisotopic (exact) mass is 616 g/mol. The molecule has 44 heavy (non-hydrogen) atoms. The summed E-state index contributed by atoms with van der Waals surface area (Å²) in [5, 5.41) is 46.2. The number of nitrogens with one attached hydrogen (secondary N) is 1. The van der Waals surface area contributed by atoms with Gasteiger partial charge in [0.1, 0.15) is 29.4 Å². The van der Waals surface area contributed by atoms with Gasteiger partial charge < -0.3 is 41.1 Å². The summed E-state index contributed by atoms with van der Waals surface area (Å²) in [7, 11) is 6.87. The van der Waals surface area contributed by atoms with Gasteiger partial charge in [0, 0.05) is 43.9 Å². The van der Waals surface area contributed by atoms with E-state index in [4.69, 9.17) is 10.5 Å². The van der Waals surface area contributed by atoms with Gasteiger partial charge in [-0.25, -0.2) is 4.79 Å². The molecular weight excluding hydrogens is 572 g/mol. The molecule has 0 heterocycles. The second kappa shape index (κ2) is 13.3. The highest BCUT2D eigenvalue weighted by Gasteiger charge is 2.43. The summed E-state index contributed by atoms with van der Waals surface area (Å²) in [6, 6.07) is 0.888. The van der Waals surface area contributed by atoms with Crippen molar-refractivity contribution in [3.63, 3.8) is 0 Å². The van der Waals surface area contributed by atoms with Gasteiger partial charge in [0.2, 0.25) is 0 Å². The molecule has 0 unspecified atom stereocenters. The minimum atomic E-state index is -1.03. The maximum Gasteiger partial charge on any atom is 0.407 e. The Morgan fingerprint density at radius 2 is 1.73 bits per heavy atom. The summed E-state index contributed by atoms with van der Waals surface area (Å²) >= 11 is 0. The Hall–Kier alpha value is -4.10. The number of phenolic OH excluding ortho intramolecular Hbond substituents is 1. The Labute approximate surface area is 257 Å². The zero-order valence-corrected chi connectivity index (χ0v) is 26.4. The van der Waals surface area contributed by atoms with Crippen LogP contribution in [0.5, 0.6) is 5.75 Å². The van der Waals surface area contributed by atoms with Crippen LogP contribution in [0.3, 0.4) is 0 Å². The van der Waals surface area contributed by atoms with Crippen LogP contribution >= 0.6 is 0 Å². The van der Waals surface area contributed by atoms with E-state index in [1.165, 1.54) is 0 Å². The van der Waals surface area contributed by atoms with Crippen molar-refractivity contribution in [3.8, 4) is 5.75 Å². The van der Waals surface area contributed by atoms with Crippen molar-refractivity contribution in [1.29, 1.82) is 0 Å². The number of benzene rings is 1. The Bertz CT molecular complexity index is 1410. The summed E-state index contributed by atoms with van der Waals surface area (Å²) in [5.41, 5.74) is 5.93. The van der Waals surface area contributed by atoms with E-state index < -0.39 is 65.1 Å². The van der Waals surface area contributed by atoms with Gasteiger partial charge in [0.15, 0.2) is 11.6 Å². The molecule has 0 aromatic heterocycles. The van der Waals surface area contributed by atoms with E-state index in [0.29, 0.717) is 11.3 Å². The van der Waals surface area contributed by atoms with Gasteiger partial charge in [0.05, 0.1) is 18.2 Å². The molecule has 2 aliphatic rings. The zero-order valence-electron chi connectivity index (χ0n) is 26.4. The SMILES string of the molecule is CN(C)c1cc(CNC(=O)OCC(C)(C)C)c(O)c2c1C[C@@H](C[C@@H]1CC(=O)C(C(N)=O)=C(O)[C@H]1N(C)C)C(C(=O)CO)=C2O. The molecule has 0 spiro atoms. The summed E-state index contributed by atoms with van der Waals surface area (Å²) in [4.78, 5) is 53.5. The molecule has 2 amide bonds. The topological polar surface area (TPSA) is 203 Å². The first-order valence-electron chi connectivity index (χ1n) is 14.3. The summed E-state index contributed by atoms with van der Waals surface area (Å²) in [6.45, 7) is 4.87. The molecule has 0 saturated carbocycles. The molecular formula is C31H44N4O9. The molecule has 0 aliphatic heterocycles. The fourth-order valence-corrected chi connectivity index (χ4v) is 6.04. The van der Waals surface area contributed by atoms with Gasteiger partial charge in [-0.1, -0.05) is 20.8 Å². The van der Waals surface area contributed by atoms with E-state index in [1.807, 2.05) is 20.8 Å². The number of nitrogens with zero attached hydrogens (tertiary/aromatic N) is 2. The van der Waals surface area contributed by atoms with Crippen LogP contribution in [0.15, 0.2) is 23.0 Å². The number of rotatable bonds is 10. The number of aliphatic hydroxyl groups is 3. The third-order valence-electron chi connectivity index (χ3n) is 7.90. The van der Waals surface area contributed by atoms with Crippen molar-refractivity contribution >= 4 is 35.0 Å². The number of fused-ring (bicyclic) bond motifs is 1. The van der Waals surface area contributed by atoms with Crippen molar-refractivity contribution in [3.05, 3.63) is 39.7 Å². The van der Waals surface area contributed by atoms with Gasteiger partial charge in [-0.2, -0.15) is 0 Å². The van der Waals surface area contributed by atoms with E-state index in [1.54, 1.807) is 44.1 Å². The van der Waals surface area contributed by atoms with Crippen molar-refractivity contribution in [2.24, 2.45) is 23.0 Å². The number of primary amides is 1. The van der Waals surface area contributed by atoms with Gasteiger partial charge in [-0.15, -0.1) is 0 Å². The number of amides is 2. The lowest BCUT2D eigenvalue weighted by molar-refractivity contribution is -0.123. The lowest BCUT2D eigenvalue weighted by atomic mass is 9.71. The number of hydrogen-bond acceptors (Lipinski definition) is 11. The normalized spacial score (nSPS) is 20.5. The lowest BCUT2D eigenvalue weighted by Crippen LogP contribution is -2.45. The maximum absolute atomic E-state index is 13.1. The summed E-state index contributed by atoms with van der Waals surface area (Å²) in [5.74, 6) is -5.03. The quantitative estimate of drug-likeness (QED) is 0.210. The van der Waals surface area contributed by atoms with Crippen molar-refractivity contribution < 1.29 is 44.3 Å². The molecule has 0 radical (unpaired) electrons. The Balaban J connectivity index is 2.07. The number of aromatic hydroxyl groups is 1. The molecule has 7 N–H and O–H groups in total. The fraction of sp³-hybridized carbons (Fsp3) is 0.548. The highest BCUT2D eigenvalue weighted by molar-refractivity contribution is 6.19. The predicted octanol–water partition coefficient (Wildman–Crippen LogP) is 1.94. The van der Waals surface area contributed by atoms with E-state index >= 15 is 0 Å². The highest BCUT2D eigenvalue weighted by Crippen LogP contribution is 2.47. The molecule has 1 aromatic carbocycles.